The Kier molecular flexibility index (Phi) is 9.47. The zero-order valence-corrected chi connectivity index (χ0v) is 15.8. The lowest BCUT2D eigenvalue weighted by molar-refractivity contribution is 0.197. The summed E-state index contributed by atoms with van der Waals surface area (Å²) in [4.78, 5) is 6.90. The van der Waals surface area contributed by atoms with Gasteiger partial charge in [0.2, 0.25) is 0 Å². The lowest BCUT2D eigenvalue weighted by Crippen LogP contribution is -2.36. The van der Waals surface area contributed by atoms with Crippen molar-refractivity contribution in [3.63, 3.8) is 0 Å². The van der Waals surface area contributed by atoms with Gasteiger partial charge in [-0.05, 0) is 43.8 Å². The molecule has 1 fully saturated rings. The molecule has 0 spiro atoms. The van der Waals surface area contributed by atoms with Gasteiger partial charge in [-0.25, -0.2) is 0 Å². The highest BCUT2D eigenvalue weighted by Gasteiger charge is 2.14. The lowest BCUT2D eigenvalue weighted by atomic mass is 9.99. The number of hydrogen-bond acceptors (Lipinski definition) is 2. The zero-order valence-electron chi connectivity index (χ0n) is 13.5. The van der Waals surface area contributed by atoms with E-state index in [1.54, 1.807) is 0 Å². The first-order chi connectivity index (χ1) is 10.2. The molecule has 4 nitrogen and oxygen atoms in total. The summed E-state index contributed by atoms with van der Waals surface area (Å²) in [5.74, 6) is 1.45. The van der Waals surface area contributed by atoms with E-state index in [1.165, 1.54) is 31.5 Å². The maximum Gasteiger partial charge on any atom is 0.188 e. The highest BCUT2D eigenvalue weighted by Crippen LogP contribution is 2.15. The summed E-state index contributed by atoms with van der Waals surface area (Å²) in [5.41, 5.74) is 7.22. The van der Waals surface area contributed by atoms with Gasteiger partial charge in [0, 0.05) is 13.1 Å². The van der Waals surface area contributed by atoms with Crippen molar-refractivity contribution in [3.05, 3.63) is 35.9 Å². The second-order valence-electron chi connectivity index (χ2n) is 5.95. The molecule has 1 aromatic carbocycles. The fraction of sp³-hybridized carbons (Fsp3) is 0.588. The molecule has 0 bridgehead atoms. The van der Waals surface area contributed by atoms with Crippen LogP contribution in [-0.2, 0) is 6.42 Å². The summed E-state index contributed by atoms with van der Waals surface area (Å²) in [5, 5.41) is 3.19. The molecule has 5 heteroatoms. The first kappa shape index (κ1) is 19.2. The molecule has 1 aliphatic rings. The molecule has 1 saturated heterocycles. The van der Waals surface area contributed by atoms with Gasteiger partial charge in [0.1, 0.15) is 0 Å². The smallest absolute Gasteiger partial charge is 0.188 e. The van der Waals surface area contributed by atoms with Crippen LogP contribution in [0.2, 0.25) is 0 Å². The molecular formula is C17H29IN4. The van der Waals surface area contributed by atoms with Gasteiger partial charge in [0.05, 0.1) is 6.54 Å². The van der Waals surface area contributed by atoms with E-state index in [2.05, 4.69) is 46.4 Å². The van der Waals surface area contributed by atoms with Gasteiger partial charge < -0.3 is 16.0 Å². The maximum absolute atomic E-state index is 5.90. The number of hydrogen-bond donors (Lipinski definition) is 2. The van der Waals surface area contributed by atoms with Gasteiger partial charge in [-0.15, -0.1) is 24.0 Å². The van der Waals surface area contributed by atoms with Crippen molar-refractivity contribution in [2.45, 2.75) is 26.2 Å². The summed E-state index contributed by atoms with van der Waals surface area (Å²) in [6, 6.07) is 10.4. The molecule has 1 heterocycles. The number of halogens is 1. The van der Waals surface area contributed by atoms with Crippen LogP contribution in [0.5, 0.6) is 0 Å². The van der Waals surface area contributed by atoms with Crippen LogP contribution in [0, 0.1) is 5.92 Å². The predicted octanol–water partition coefficient (Wildman–Crippen LogP) is 2.48. The van der Waals surface area contributed by atoms with Crippen LogP contribution in [0.25, 0.3) is 0 Å². The average molecular weight is 416 g/mol. The van der Waals surface area contributed by atoms with E-state index in [9.17, 15) is 0 Å². The molecule has 0 saturated carbocycles. The molecule has 0 aliphatic carbocycles. The van der Waals surface area contributed by atoms with Crippen LogP contribution in [0.15, 0.2) is 35.3 Å². The number of guanidine groups is 1. The Morgan fingerprint density at radius 2 is 1.95 bits per heavy atom. The molecule has 1 aliphatic heterocycles. The van der Waals surface area contributed by atoms with E-state index in [1.807, 2.05) is 6.07 Å². The Labute approximate surface area is 151 Å². The monoisotopic (exact) mass is 416 g/mol. The van der Waals surface area contributed by atoms with E-state index >= 15 is 0 Å². The lowest BCUT2D eigenvalue weighted by Gasteiger charge is -2.29. The van der Waals surface area contributed by atoms with Crippen molar-refractivity contribution in [2.75, 3.05) is 32.7 Å². The highest BCUT2D eigenvalue weighted by molar-refractivity contribution is 14.0. The van der Waals surface area contributed by atoms with E-state index in [-0.39, 0.29) is 24.0 Å². The third-order valence-corrected chi connectivity index (χ3v) is 4.14. The minimum absolute atomic E-state index is 0. The number of rotatable bonds is 6. The number of nitrogens with one attached hydrogen (secondary N) is 1. The summed E-state index contributed by atoms with van der Waals surface area (Å²) in [7, 11) is 0. The maximum atomic E-state index is 5.90. The van der Waals surface area contributed by atoms with Crippen molar-refractivity contribution >= 4 is 29.9 Å². The Bertz CT molecular complexity index is 428. The summed E-state index contributed by atoms with van der Waals surface area (Å²) < 4.78 is 0. The summed E-state index contributed by atoms with van der Waals surface area (Å²) >= 11 is 0. The Morgan fingerprint density at radius 3 is 2.64 bits per heavy atom. The zero-order chi connectivity index (χ0) is 14.9. The van der Waals surface area contributed by atoms with Gasteiger partial charge in [0.25, 0.3) is 0 Å². The molecule has 22 heavy (non-hydrogen) atoms. The van der Waals surface area contributed by atoms with E-state index < -0.39 is 0 Å². The van der Waals surface area contributed by atoms with E-state index in [4.69, 9.17) is 5.73 Å². The number of nitrogens with two attached hydrogens (primary N) is 1. The van der Waals surface area contributed by atoms with E-state index in [0.29, 0.717) is 5.96 Å². The number of nitrogens with zero attached hydrogens (tertiary/aromatic N) is 2. The number of aliphatic imine (C=N–C) groups is 1. The summed E-state index contributed by atoms with van der Waals surface area (Å²) in [6.45, 7) is 7.40. The van der Waals surface area contributed by atoms with Crippen molar-refractivity contribution < 1.29 is 0 Å². The van der Waals surface area contributed by atoms with E-state index in [0.717, 1.165) is 32.0 Å². The van der Waals surface area contributed by atoms with Crippen LogP contribution in [0.1, 0.15) is 25.3 Å². The minimum atomic E-state index is 0. The second-order valence-corrected chi connectivity index (χ2v) is 5.95. The Hall–Kier alpha value is -0.820. The topological polar surface area (TPSA) is 53.6 Å². The van der Waals surface area contributed by atoms with Crippen molar-refractivity contribution in [1.82, 2.24) is 10.2 Å². The van der Waals surface area contributed by atoms with Gasteiger partial charge in [-0.3, -0.25) is 4.99 Å². The van der Waals surface area contributed by atoms with Crippen LogP contribution in [0.3, 0.4) is 0 Å². The number of benzene rings is 1. The Morgan fingerprint density at radius 1 is 1.27 bits per heavy atom. The van der Waals surface area contributed by atoms with Gasteiger partial charge in [-0.1, -0.05) is 37.3 Å². The normalized spacial score (nSPS) is 17.0. The Balaban J connectivity index is 0.00000242. The van der Waals surface area contributed by atoms with Crippen LogP contribution < -0.4 is 11.1 Å². The molecule has 0 amide bonds. The summed E-state index contributed by atoms with van der Waals surface area (Å²) in [6.07, 6.45) is 3.60. The van der Waals surface area contributed by atoms with Crippen molar-refractivity contribution in [1.29, 1.82) is 0 Å². The fourth-order valence-electron chi connectivity index (χ4n) is 2.63. The fourth-order valence-corrected chi connectivity index (χ4v) is 2.63. The second kappa shape index (κ2) is 10.8. The van der Waals surface area contributed by atoms with Crippen molar-refractivity contribution in [3.8, 4) is 0 Å². The molecule has 0 radical (unpaired) electrons. The quantitative estimate of drug-likeness (QED) is 0.426. The highest BCUT2D eigenvalue weighted by atomic mass is 127. The van der Waals surface area contributed by atoms with Crippen molar-refractivity contribution in [2.24, 2.45) is 16.6 Å². The van der Waals surface area contributed by atoms with Crippen LogP contribution >= 0.6 is 24.0 Å². The largest absolute Gasteiger partial charge is 0.370 e. The predicted molar refractivity (Wildman–Crippen MR) is 105 cm³/mol. The van der Waals surface area contributed by atoms with Gasteiger partial charge in [0.15, 0.2) is 5.96 Å². The van der Waals surface area contributed by atoms with Gasteiger partial charge in [-0.2, -0.15) is 0 Å². The molecule has 3 N–H and O–H groups in total. The van der Waals surface area contributed by atoms with Gasteiger partial charge >= 0.3 is 0 Å². The molecule has 2 rings (SSSR count). The first-order valence-corrected chi connectivity index (χ1v) is 8.04. The molecular weight excluding hydrogens is 387 g/mol. The molecule has 124 valence electrons. The standard InChI is InChI=1S/C17H28N4.HI/c1-15-8-12-21(13-9-15)14-11-20-17(18)19-10-7-16-5-3-2-4-6-16;/h2-6,15H,7-14H2,1H3,(H3,18,19,20);1H. The number of piperidine rings is 1. The van der Waals surface area contributed by atoms with Crippen LogP contribution in [0.4, 0.5) is 0 Å². The third-order valence-electron chi connectivity index (χ3n) is 4.14. The SMILES string of the molecule is CC1CCN(CCN=C(N)NCCc2ccccc2)CC1.I. The molecule has 1 aromatic rings. The molecule has 0 atom stereocenters. The number of likely N-dealkylation sites (tertiary alicyclic amines) is 1. The van der Waals surface area contributed by atoms with Crippen LogP contribution in [-0.4, -0.2) is 43.6 Å². The third kappa shape index (κ3) is 7.45. The minimum Gasteiger partial charge on any atom is -0.370 e. The first-order valence-electron chi connectivity index (χ1n) is 8.04. The average Bonchev–Trinajstić information content (AvgIpc) is 2.50. The molecule has 0 aromatic heterocycles. The molecule has 0 unspecified atom stereocenters.